The maximum absolute atomic E-state index is 6.20. The Labute approximate surface area is 130 Å². The first-order valence-electron chi connectivity index (χ1n) is 8.57. The van der Waals surface area contributed by atoms with E-state index >= 15 is 0 Å². The van der Waals surface area contributed by atoms with Crippen LogP contribution in [0.3, 0.4) is 0 Å². The van der Waals surface area contributed by atoms with Gasteiger partial charge in [0, 0.05) is 17.9 Å². The minimum atomic E-state index is 0.218. The standard InChI is InChI=1S/C19H31NO/c1-5-7-8-15-9-11-16(12-10-15)21-18-14-17(19(18,3)4)20-13-6-2/h9-12,17-18,20H,5-8,13-14H2,1-4H3. The van der Waals surface area contributed by atoms with E-state index in [0.29, 0.717) is 12.1 Å². The Morgan fingerprint density at radius 1 is 1.14 bits per heavy atom. The van der Waals surface area contributed by atoms with Gasteiger partial charge >= 0.3 is 0 Å². The van der Waals surface area contributed by atoms with E-state index in [9.17, 15) is 0 Å². The largest absolute Gasteiger partial charge is 0.490 e. The molecule has 21 heavy (non-hydrogen) atoms. The van der Waals surface area contributed by atoms with E-state index in [1.54, 1.807) is 0 Å². The Morgan fingerprint density at radius 3 is 2.43 bits per heavy atom. The van der Waals surface area contributed by atoms with Gasteiger partial charge in [0.25, 0.3) is 0 Å². The summed E-state index contributed by atoms with van der Waals surface area (Å²) < 4.78 is 6.20. The average Bonchev–Trinajstić information content (AvgIpc) is 2.49. The number of ether oxygens (including phenoxy) is 1. The number of rotatable bonds is 8. The number of aryl methyl sites for hydroxylation is 1. The van der Waals surface area contributed by atoms with Crippen molar-refractivity contribution in [2.75, 3.05) is 6.54 Å². The molecule has 1 fully saturated rings. The van der Waals surface area contributed by atoms with Crippen molar-refractivity contribution >= 4 is 0 Å². The topological polar surface area (TPSA) is 21.3 Å². The number of benzene rings is 1. The van der Waals surface area contributed by atoms with Gasteiger partial charge in [0.05, 0.1) is 0 Å². The predicted molar refractivity (Wildman–Crippen MR) is 89.9 cm³/mol. The predicted octanol–water partition coefficient (Wildman–Crippen LogP) is 4.57. The second-order valence-corrected chi connectivity index (χ2v) is 6.92. The highest BCUT2D eigenvalue weighted by Crippen LogP contribution is 2.43. The van der Waals surface area contributed by atoms with Crippen molar-refractivity contribution in [3.8, 4) is 5.75 Å². The van der Waals surface area contributed by atoms with Gasteiger partial charge in [-0.1, -0.05) is 46.2 Å². The van der Waals surface area contributed by atoms with Crippen LogP contribution in [0.25, 0.3) is 0 Å². The smallest absolute Gasteiger partial charge is 0.119 e. The summed E-state index contributed by atoms with van der Waals surface area (Å²) in [5.74, 6) is 1.02. The van der Waals surface area contributed by atoms with Gasteiger partial charge in [0.15, 0.2) is 0 Å². The molecule has 0 aliphatic heterocycles. The molecule has 0 radical (unpaired) electrons. The number of hydrogen-bond donors (Lipinski definition) is 1. The Balaban J connectivity index is 1.85. The van der Waals surface area contributed by atoms with Crippen LogP contribution in [0.1, 0.15) is 58.9 Å². The highest BCUT2D eigenvalue weighted by Gasteiger charge is 2.49. The van der Waals surface area contributed by atoms with Crippen molar-refractivity contribution in [1.82, 2.24) is 5.32 Å². The SMILES string of the molecule is CCCCc1ccc(OC2CC(NCCC)C2(C)C)cc1. The fraction of sp³-hybridized carbons (Fsp3) is 0.684. The zero-order valence-corrected chi connectivity index (χ0v) is 14.1. The van der Waals surface area contributed by atoms with Crippen LogP contribution in [-0.2, 0) is 6.42 Å². The molecule has 0 bridgehead atoms. The Bertz CT molecular complexity index is 424. The van der Waals surface area contributed by atoms with E-state index in [2.05, 4.69) is 57.3 Å². The van der Waals surface area contributed by atoms with Crippen molar-refractivity contribution in [3.63, 3.8) is 0 Å². The highest BCUT2D eigenvalue weighted by atomic mass is 16.5. The number of unbranched alkanes of at least 4 members (excludes halogenated alkanes) is 1. The van der Waals surface area contributed by atoms with Gasteiger partial charge in [-0.2, -0.15) is 0 Å². The summed E-state index contributed by atoms with van der Waals surface area (Å²) >= 11 is 0. The summed E-state index contributed by atoms with van der Waals surface area (Å²) in [5, 5.41) is 3.63. The monoisotopic (exact) mass is 289 g/mol. The van der Waals surface area contributed by atoms with Crippen LogP contribution in [0.4, 0.5) is 0 Å². The van der Waals surface area contributed by atoms with Crippen LogP contribution in [0.15, 0.2) is 24.3 Å². The molecule has 2 rings (SSSR count). The number of nitrogens with one attached hydrogen (secondary N) is 1. The van der Waals surface area contributed by atoms with E-state index in [-0.39, 0.29) is 5.41 Å². The molecule has 118 valence electrons. The lowest BCUT2D eigenvalue weighted by molar-refractivity contribution is -0.0546. The normalized spacial score (nSPS) is 23.6. The van der Waals surface area contributed by atoms with Gasteiger partial charge < -0.3 is 10.1 Å². The second-order valence-electron chi connectivity index (χ2n) is 6.92. The highest BCUT2D eigenvalue weighted by molar-refractivity contribution is 5.28. The molecular formula is C19H31NO. The molecular weight excluding hydrogens is 258 g/mol. The molecule has 2 atom stereocenters. The van der Waals surface area contributed by atoms with E-state index in [4.69, 9.17) is 4.74 Å². The molecule has 2 nitrogen and oxygen atoms in total. The third-order valence-electron chi connectivity index (χ3n) is 4.84. The minimum Gasteiger partial charge on any atom is -0.490 e. The van der Waals surface area contributed by atoms with Crippen LogP contribution >= 0.6 is 0 Å². The molecule has 1 saturated carbocycles. The fourth-order valence-electron chi connectivity index (χ4n) is 3.03. The molecule has 0 spiro atoms. The molecule has 2 unspecified atom stereocenters. The van der Waals surface area contributed by atoms with Crippen molar-refractivity contribution in [3.05, 3.63) is 29.8 Å². The summed E-state index contributed by atoms with van der Waals surface area (Å²) in [6.07, 6.45) is 6.33. The summed E-state index contributed by atoms with van der Waals surface area (Å²) in [6, 6.07) is 9.28. The van der Waals surface area contributed by atoms with Gasteiger partial charge in [-0.05, 0) is 43.5 Å². The lowest BCUT2D eigenvalue weighted by Gasteiger charge is -2.51. The van der Waals surface area contributed by atoms with Crippen molar-refractivity contribution < 1.29 is 4.74 Å². The second kappa shape index (κ2) is 7.31. The Hall–Kier alpha value is -1.02. The third-order valence-corrected chi connectivity index (χ3v) is 4.84. The first-order valence-corrected chi connectivity index (χ1v) is 8.57. The molecule has 0 aromatic heterocycles. The number of hydrogen-bond acceptors (Lipinski definition) is 2. The summed E-state index contributed by atoms with van der Waals surface area (Å²) in [7, 11) is 0. The van der Waals surface area contributed by atoms with Gasteiger partial charge in [-0.25, -0.2) is 0 Å². The molecule has 1 aromatic rings. The van der Waals surface area contributed by atoms with E-state index in [1.807, 2.05) is 0 Å². The van der Waals surface area contributed by atoms with Gasteiger partial charge in [-0.15, -0.1) is 0 Å². The van der Waals surface area contributed by atoms with E-state index in [0.717, 1.165) is 18.7 Å². The first-order chi connectivity index (χ1) is 10.1. The summed E-state index contributed by atoms with van der Waals surface area (Å²) in [5.41, 5.74) is 1.63. The van der Waals surface area contributed by atoms with Crippen molar-refractivity contribution in [1.29, 1.82) is 0 Å². The third kappa shape index (κ3) is 4.00. The summed E-state index contributed by atoms with van der Waals surface area (Å²) in [6.45, 7) is 10.2. The lowest BCUT2D eigenvalue weighted by atomic mass is 9.64. The zero-order chi connectivity index (χ0) is 15.3. The maximum atomic E-state index is 6.20. The molecule has 1 aliphatic carbocycles. The molecule has 0 saturated heterocycles. The Kier molecular flexibility index (Phi) is 5.69. The molecule has 1 aliphatic rings. The summed E-state index contributed by atoms with van der Waals surface area (Å²) in [4.78, 5) is 0. The van der Waals surface area contributed by atoms with Crippen LogP contribution in [0.2, 0.25) is 0 Å². The van der Waals surface area contributed by atoms with E-state index in [1.165, 1.54) is 31.2 Å². The molecule has 0 heterocycles. The Morgan fingerprint density at radius 2 is 1.86 bits per heavy atom. The van der Waals surface area contributed by atoms with Gasteiger partial charge in [-0.3, -0.25) is 0 Å². The molecule has 2 heteroatoms. The zero-order valence-electron chi connectivity index (χ0n) is 14.1. The first kappa shape index (κ1) is 16.4. The molecule has 1 aromatic carbocycles. The fourth-order valence-corrected chi connectivity index (χ4v) is 3.03. The van der Waals surface area contributed by atoms with Crippen molar-refractivity contribution in [2.24, 2.45) is 5.41 Å². The van der Waals surface area contributed by atoms with Gasteiger partial charge in [0.2, 0.25) is 0 Å². The van der Waals surface area contributed by atoms with Crippen LogP contribution in [0.5, 0.6) is 5.75 Å². The van der Waals surface area contributed by atoms with Crippen molar-refractivity contribution in [2.45, 2.75) is 71.9 Å². The van der Waals surface area contributed by atoms with Crippen LogP contribution < -0.4 is 10.1 Å². The molecule has 1 N–H and O–H groups in total. The molecule has 0 amide bonds. The minimum absolute atomic E-state index is 0.218. The van der Waals surface area contributed by atoms with E-state index < -0.39 is 0 Å². The van der Waals surface area contributed by atoms with Crippen LogP contribution in [0, 0.1) is 5.41 Å². The average molecular weight is 289 g/mol. The lowest BCUT2D eigenvalue weighted by Crippen LogP contribution is -2.62. The van der Waals surface area contributed by atoms with Crippen LogP contribution in [-0.4, -0.2) is 18.7 Å². The van der Waals surface area contributed by atoms with Gasteiger partial charge in [0.1, 0.15) is 11.9 Å². The maximum Gasteiger partial charge on any atom is 0.119 e. The quantitative estimate of drug-likeness (QED) is 0.756.